The van der Waals surface area contributed by atoms with E-state index in [-0.39, 0.29) is 5.41 Å². The summed E-state index contributed by atoms with van der Waals surface area (Å²) in [6.07, 6.45) is 11.4. The highest BCUT2D eigenvalue weighted by Crippen LogP contribution is 2.56. The summed E-state index contributed by atoms with van der Waals surface area (Å²) >= 11 is 0. The van der Waals surface area contributed by atoms with E-state index >= 15 is 0 Å². The standard InChI is InChI=1S/C51H42N2/c1-2-14-40-34-51(33-39(40)13-1)46-31-35(24-27-43(46)44-28-26-41(32-47(44)51)52-29-9-16-37-11-3-5-20-48(37)52)23-25-36-15-7-19-45-42(36)18-8-22-50(45)53-30-10-17-38-12-4-6-21-49(38)53/h1-8,11-15,18-28,31-32H,9-10,16-17,29-30,33-34H2. The molecule has 2 aliphatic carbocycles. The molecular weight excluding hydrogens is 641 g/mol. The first kappa shape index (κ1) is 30.7. The maximum atomic E-state index is 2.56. The molecule has 0 N–H and O–H groups in total. The lowest BCUT2D eigenvalue weighted by Crippen LogP contribution is -2.27. The predicted molar refractivity (Wildman–Crippen MR) is 223 cm³/mol. The third-order valence-electron chi connectivity index (χ3n) is 12.7. The monoisotopic (exact) mass is 682 g/mol. The van der Waals surface area contributed by atoms with E-state index in [9.17, 15) is 0 Å². The van der Waals surface area contributed by atoms with Gasteiger partial charge in [0.25, 0.3) is 0 Å². The number of hydrogen-bond donors (Lipinski definition) is 0. The Morgan fingerprint density at radius 2 is 1.04 bits per heavy atom. The highest BCUT2D eigenvalue weighted by atomic mass is 15.1. The smallest absolute Gasteiger partial charge is 0.0490 e. The summed E-state index contributed by atoms with van der Waals surface area (Å²) < 4.78 is 0. The lowest BCUT2D eigenvalue weighted by atomic mass is 9.75. The van der Waals surface area contributed by atoms with Crippen molar-refractivity contribution < 1.29 is 0 Å². The van der Waals surface area contributed by atoms with Gasteiger partial charge in [-0.05, 0) is 130 Å². The zero-order chi connectivity index (χ0) is 34.9. The van der Waals surface area contributed by atoms with Gasteiger partial charge in [0.05, 0.1) is 0 Å². The van der Waals surface area contributed by atoms with E-state index < -0.39 is 0 Å². The molecule has 0 aromatic heterocycles. The van der Waals surface area contributed by atoms with E-state index in [1.807, 2.05) is 0 Å². The second kappa shape index (κ2) is 12.1. The van der Waals surface area contributed by atoms with Crippen molar-refractivity contribution in [3.8, 4) is 11.1 Å². The normalized spacial score (nSPS) is 16.5. The molecule has 0 unspecified atom stereocenters. The molecule has 4 aliphatic rings. The van der Waals surface area contributed by atoms with Crippen molar-refractivity contribution in [2.75, 3.05) is 22.9 Å². The first-order chi connectivity index (χ1) is 26.2. The van der Waals surface area contributed by atoms with Crippen LogP contribution in [0.5, 0.6) is 0 Å². The van der Waals surface area contributed by atoms with Gasteiger partial charge in [0.2, 0.25) is 0 Å². The molecule has 0 radical (unpaired) electrons. The van der Waals surface area contributed by atoms with Crippen LogP contribution in [-0.2, 0) is 31.1 Å². The Labute approximate surface area is 312 Å². The second-order valence-corrected chi connectivity index (χ2v) is 15.6. The molecule has 0 amide bonds. The van der Waals surface area contributed by atoms with E-state index in [2.05, 4.69) is 168 Å². The summed E-state index contributed by atoms with van der Waals surface area (Å²) in [5.74, 6) is 0. The average molecular weight is 683 g/mol. The Hall–Kier alpha value is -5.86. The zero-order valence-electron chi connectivity index (χ0n) is 30.1. The Balaban J connectivity index is 0.984. The van der Waals surface area contributed by atoms with Crippen LogP contribution in [0.4, 0.5) is 22.7 Å². The number of para-hydroxylation sites is 2. The van der Waals surface area contributed by atoms with Crippen molar-refractivity contribution >= 4 is 45.7 Å². The van der Waals surface area contributed by atoms with Crippen molar-refractivity contribution in [3.63, 3.8) is 0 Å². The molecular formula is C51H42N2. The second-order valence-electron chi connectivity index (χ2n) is 15.6. The van der Waals surface area contributed by atoms with E-state index in [1.54, 1.807) is 0 Å². The number of nitrogens with zero attached hydrogens (tertiary/aromatic N) is 2. The molecule has 7 aromatic rings. The summed E-state index contributed by atoms with van der Waals surface area (Å²) in [5, 5.41) is 2.61. The van der Waals surface area contributed by atoms with Crippen LogP contribution < -0.4 is 9.80 Å². The van der Waals surface area contributed by atoms with Crippen LogP contribution in [0, 0.1) is 0 Å². The van der Waals surface area contributed by atoms with Gasteiger partial charge in [-0.1, -0.05) is 127 Å². The molecule has 1 spiro atoms. The first-order valence-corrected chi connectivity index (χ1v) is 19.5. The fourth-order valence-electron chi connectivity index (χ4n) is 10.2. The van der Waals surface area contributed by atoms with Crippen LogP contribution in [0.15, 0.2) is 146 Å². The SMILES string of the molecule is C(=Cc1cccc2c(N3CCCc4ccccc43)cccc12)c1ccc2c(c1)C1(Cc3ccccc3C1)c1cc(N3CCCc4ccccc43)ccc1-2. The van der Waals surface area contributed by atoms with Gasteiger partial charge in [0, 0.05) is 46.6 Å². The Kier molecular flexibility index (Phi) is 7.02. The van der Waals surface area contributed by atoms with E-state index in [1.165, 1.54) is 102 Å². The molecule has 0 bridgehead atoms. The summed E-state index contributed by atoms with van der Waals surface area (Å²) in [6.45, 7) is 2.11. The minimum Gasteiger partial charge on any atom is -0.341 e. The van der Waals surface area contributed by atoms with Gasteiger partial charge in [-0.15, -0.1) is 0 Å². The number of anilines is 4. The molecule has 53 heavy (non-hydrogen) atoms. The number of hydrogen-bond acceptors (Lipinski definition) is 2. The largest absolute Gasteiger partial charge is 0.341 e. The van der Waals surface area contributed by atoms with Gasteiger partial charge in [0.15, 0.2) is 0 Å². The summed E-state index contributed by atoms with van der Waals surface area (Å²) in [5.41, 5.74) is 19.4. The first-order valence-electron chi connectivity index (χ1n) is 19.5. The van der Waals surface area contributed by atoms with Crippen LogP contribution >= 0.6 is 0 Å². The molecule has 2 nitrogen and oxygen atoms in total. The van der Waals surface area contributed by atoms with Crippen molar-refractivity contribution in [1.29, 1.82) is 0 Å². The molecule has 0 saturated heterocycles. The Morgan fingerprint density at radius 3 is 1.79 bits per heavy atom. The summed E-state index contributed by atoms with van der Waals surface area (Å²) in [7, 11) is 0. The van der Waals surface area contributed by atoms with Crippen molar-refractivity contribution in [2.45, 2.75) is 43.9 Å². The van der Waals surface area contributed by atoms with Crippen molar-refractivity contribution in [1.82, 2.24) is 0 Å². The van der Waals surface area contributed by atoms with Crippen molar-refractivity contribution in [2.24, 2.45) is 0 Å². The fraction of sp³-hybridized carbons (Fsp3) is 0.176. The molecule has 2 aliphatic heterocycles. The number of rotatable bonds is 4. The summed E-state index contributed by atoms with van der Waals surface area (Å²) in [6, 6.07) is 55.2. The molecule has 2 heteroatoms. The maximum Gasteiger partial charge on any atom is 0.0490 e. The quantitative estimate of drug-likeness (QED) is 0.171. The van der Waals surface area contributed by atoms with E-state index in [0.717, 1.165) is 38.8 Å². The predicted octanol–water partition coefficient (Wildman–Crippen LogP) is 12.2. The Bertz CT molecular complexity index is 2580. The van der Waals surface area contributed by atoms with Gasteiger partial charge in [-0.2, -0.15) is 0 Å². The van der Waals surface area contributed by atoms with Crippen LogP contribution in [0.3, 0.4) is 0 Å². The molecule has 2 heterocycles. The fourth-order valence-corrected chi connectivity index (χ4v) is 10.2. The molecule has 256 valence electrons. The lowest BCUT2D eigenvalue weighted by molar-refractivity contribution is 0.563. The van der Waals surface area contributed by atoms with Crippen molar-refractivity contribution in [3.05, 3.63) is 190 Å². The Morgan fingerprint density at radius 1 is 0.453 bits per heavy atom. The topological polar surface area (TPSA) is 6.48 Å². The van der Waals surface area contributed by atoms with Gasteiger partial charge in [-0.3, -0.25) is 0 Å². The summed E-state index contributed by atoms with van der Waals surface area (Å²) in [4.78, 5) is 5.09. The number of benzene rings is 7. The number of aryl methyl sites for hydroxylation is 2. The van der Waals surface area contributed by atoms with Crippen LogP contribution in [0.25, 0.3) is 34.1 Å². The van der Waals surface area contributed by atoms with Gasteiger partial charge in [-0.25, -0.2) is 0 Å². The maximum absolute atomic E-state index is 2.56. The molecule has 11 rings (SSSR count). The average Bonchev–Trinajstić information content (AvgIpc) is 3.74. The minimum atomic E-state index is -0.0669. The lowest BCUT2D eigenvalue weighted by Gasteiger charge is -2.33. The highest BCUT2D eigenvalue weighted by Gasteiger charge is 2.47. The molecule has 7 aromatic carbocycles. The highest BCUT2D eigenvalue weighted by molar-refractivity contribution is 6.02. The zero-order valence-corrected chi connectivity index (χ0v) is 30.1. The van der Waals surface area contributed by atoms with Gasteiger partial charge < -0.3 is 9.80 Å². The van der Waals surface area contributed by atoms with Crippen LogP contribution in [-0.4, -0.2) is 13.1 Å². The molecule has 0 atom stereocenters. The van der Waals surface area contributed by atoms with Crippen LogP contribution in [0.1, 0.15) is 57.3 Å². The van der Waals surface area contributed by atoms with E-state index in [4.69, 9.17) is 0 Å². The minimum absolute atomic E-state index is 0.0669. The number of fused-ring (bicyclic) bond motifs is 9. The third-order valence-corrected chi connectivity index (χ3v) is 12.7. The van der Waals surface area contributed by atoms with Crippen LogP contribution in [0.2, 0.25) is 0 Å². The van der Waals surface area contributed by atoms with Gasteiger partial charge in [0.1, 0.15) is 0 Å². The molecule has 0 saturated carbocycles. The van der Waals surface area contributed by atoms with E-state index in [0.29, 0.717) is 0 Å². The third kappa shape index (κ3) is 4.85. The molecule has 0 fully saturated rings. The van der Waals surface area contributed by atoms with Gasteiger partial charge >= 0.3 is 0 Å².